The van der Waals surface area contributed by atoms with Gasteiger partial charge in [-0.3, -0.25) is 0 Å². The predicted octanol–water partition coefficient (Wildman–Crippen LogP) is 3.90. The normalized spacial score (nSPS) is 11.2. The Morgan fingerprint density at radius 1 is 0.850 bits per heavy atom. The standard InChI is InChI=1S/C18H15NO/c20-13-15-7-5-14(6-8-15)9-11-17-12-10-16-3-1-2-4-18(16)19-17/h1-12,20H,13H2. The lowest BCUT2D eigenvalue weighted by molar-refractivity contribution is 0.282. The molecular formula is C18H15NO. The molecule has 2 nitrogen and oxygen atoms in total. The van der Waals surface area contributed by atoms with Crippen LogP contribution in [0.15, 0.2) is 60.7 Å². The van der Waals surface area contributed by atoms with Gasteiger partial charge in [-0.1, -0.05) is 54.6 Å². The Morgan fingerprint density at radius 3 is 2.45 bits per heavy atom. The molecule has 0 atom stereocenters. The van der Waals surface area contributed by atoms with Gasteiger partial charge in [0.05, 0.1) is 17.8 Å². The molecule has 0 amide bonds. The number of pyridine rings is 1. The van der Waals surface area contributed by atoms with Gasteiger partial charge in [0.1, 0.15) is 0 Å². The summed E-state index contributed by atoms with van der Waals surface area (Å²) >= 11 is 0. The summed E-state index contributed by atoms with van der Waals surface area (Å²) in [5.41, 5.74) is 3.96. The Morgan fingerprint density at radius 2 is 1.65 bits per heavy atom. The van der Waals surface area contributed by atoms with Crippen LogP contribution in [0.4, 0.5) is 0 Å². The maximum Gasteiger partial charge on any atom is 0.0709 e. The zero-order valence-electron chi connectivity index (χ0n) is 11.0. The number of para-hydroxylation sites is 1. The molecule has 0 saturated carbocycles. The van der Waals surface area contributed by atoms with Crippen molar-refractivity contribution in [3.8, 4) is 0 Å². The van der Waals surface area contributed by atoms with Crippen LogP contribution in [0.3, 0.4) is 0 Å². The molecule has 0 fully saturated rings. The first-order valence-electron chi connectivity index (χ1n) is 6.59. The molecule has 0 unspecified atom stereocenters. The lowest BCUT2D eigenvalue weighted by atomic mass is 10.1. The lowest BCUT2D eigenvalue weighted by Crippen LogP contribution is -1.83. The minimum absolute atomic E-state index is 0.0796. The van der Waals surface area contributed by atoms with Crippen molar-refractivity contribution in [1.82, 2.24) is 4.98 Å². The van der Waals surface area contributed by atoms with Gasteiger partial charge in [-0.05, 0) is 29.3 Å². The molecule has 3 rings (SSSR count). The predicted molar refractivity (Wildman–Crippen MR) is 83.0 cm³/mol. The second-order valence-corrected chi connectivity index (χ2v) is 4.66. The van der Waals surface area contributed by atoms with Gasteiger partial charge in [-0.25, -0.2) is 4.98 Å². The van der Waals surface area contributed by atoms with E-state index in [9.17, 15) is 0 Å². The van der Waals surface area contributed by atoms with Crippen molar-refractivity contribution in [3.63, 3.8) is 0 Å². The number of rotatable bonds is 3. The van der Waals surface area contributed by atoms with Crippen molar-refractivity contribution in [2.24, 2.45) is 0 Å². The van der Waals surface area contributed by atoms with Crippen molar-refractivity contribution in [1.29, 1.82) is 0 Å². The second kappa shape index (κ2) is 5.68. The number of benzene rings is 2. The minimum Gasteiger partial charge on any atom is -0.392 e. The van der Waals surface area contributed by atoms with Crippen molar-refractivity contribution in [2.45, 2.75) is 6.61 Å². The third kappa shape index (κ3) is 2.76. The van der Waals surface area contributed by atoms with Crippen LogP contribution in [0.1, 0.15) is 16.8 Å². The molecule has 0 aliphatic carbocycles. The summed E-state index contributed by atoms with van der Waals surface area (Å²) in [4.78, 5) is 4.60. The third-order valence-electron chi connectivity index (χ3n) is 3.23. The molecule has 0 radical (unpaired) electrons. The van der Waals surface area contributed by atoms with Crippen molar-refractivity contribution in [2.75, 3.05) is 0 Å². The monoisotopic (exact) mass is 261 g/mol. The van der Waals surface area contributed by atoms with Crippen molar-refractivity contribution < 1.29 is 5.11 Å². The fourth-order valence-electron chi connectivity index (χ4n) is 2.09. The van der Waals surface area contributed by atoms with E-state index in [4.69, 9.17) is 5.11 Å². The highest BCUT2D eigenvalue weighted by Gasteiger charge is 1.95. The number of aromatic nitrogens is 1. The van der Waals surface area contributed by atoms with Gasteiger partial charge < -0.3 is 5.11 Å². The van der Waals surface area contributed by atoms with Crippen molar-refractivity contribution >= 4 is 23.1 Å². The molecule has 0 aliphatic rings. The summed E-state index contributed by atoms with van der Waals surface area (Å²) in [5, 5.41) is 10.2. The number of fused-ring (bicyclic) bond motifs is 1. The molecule has 2 aromatic carbocycles. The SMILES string of the molecule is OCc1ccc(C=Cc2ccc3ccccc3n2)cc1. The average molecular weight is 261 g/mol. The zero-order chi connectivity index (χ0) is 13.8. The molecule has 0 aliphatic heterocycles. The zero-order valence-corrected chi connectivity index (χ0v) is 11.0. The van der Waals surface area contributed by atoms with Crippen LogP contribution in [0.25, 0.3) is 23.1 Å². The largest absolute Gasteiger partial charge is 0.392 e. The highest BCUT2D eigenvalue weighted by atomic mass is 16.3. The van der Waals surface area contributed by atoms with Gasteiger partial charge >= 0.3 is 0 Å². The summed E-state index contributed by atoms with van der Waals surface area (Å²) in [7, 11) is 0. The smallest absolute Gasteiger partial charge is 0.0709 e. The first-order valence-corrected chi connectivity index (χ1v) is 6.59. The number of aliphatic hydroxyl groups excluding tert-OH is 1. The third-order valence-corrected chi connectivity index (χ3v) is 3.23. The van der Waals surface area contributed by atoms with E-state index in [0.717, 1.165) is 27.7 Å². The van der Waals surface area contributed by atoms with Crippen LogP contribution in [0.2, 0.25) is 0 Å². The fourth-order valence-corrected chi connectivity index (χ4v) is 2.09. The van der Waals surface area contributed by atoms with Crippen molar-refractivity contribution in [3.05, 3.63) is 77.5 Å². The number of hydrogen-bond acceptors (Lipinski definition) is 2. The average Bonchev–Trinajstić information content (AvgIpc) is 2.53. The summed E-state index contributed by atoms with van der Waals surface area (Å²) in [6, 6.07) is 20.0. The van der Waals surface area contributed by atoms with E-state index in [2.05, 4.69) is 17.1 Å². The molecule has 3 aromatic rings. The van der Waals surface area contributed by atoms with E-state index in [1.165, 1.54) is 0 Å². The molecule has 2 heteroatoms. The summed E-state index contributed by atoms with van der Waals surface area (Å²) < 4.78 is 0. The molecule has 0 bridgehead atoms. The topological polar surface area (TPSA) is 33.1 Å². The first kappa shape index (κ1) is 12.6. The van der Waals surface area contributed by atoms with E-state index in [1.807, 2.05) is 60.7 Å². The molecule has 0 spiro atoms. The Labute approximate surface area is 118 Å². The lowest BCUT2D eigenvalue weighted by Gasteiger charge is -1.99. The van der Waals surface area contributed by atoms with E-state index < -0.39 is 0 Å². The van der Waals surface area contributed by atoms with E-state index in [-0.39, 0.29) is 6.61 Å². The molecule has 20 heavy (non-hydrogen) atoms. The van der Waals surface area contributed by atoms with Gasteiger partial charge in [0.15, 0.2) is 0 Å². The summed E-state index contributed by atoms with van der Waals surface area (Å²) in [6.45, 7) is 0.0796. The molecule has 98 valence electrons. The highest BCUT2D eigenvalue weighted by molar-refractivity contribution is 5.80. The van der Waals surface area contributed by atoms with Crippen LogP contribution in [-0.2, 0) is 6.61 Å². The summed E-state index contributed by atoms with van der Waals surface area (Å²) in [5.74, 6) is 0. The Hall–Kier alpha value is -2.45. The highest BCUT2D eigenvalue weighted by Crippen LogP contribution is 2.14. The maximum atomic E-state index is 9.01. The van der Waals surface area contributed by atoms with Gasteiger partial charge in [0.25, 0.3) is 0 Å². The molecular weight excluding hydrogens is 246 g/mol. The quantitative estimate of drug-likeness (QED) is 0.775. The maximum absolute atomic E-state index is 9.01. The van der Waals surface area contributed by atoms with E-state index in [0.29, 0.717) is 0 Å². The molecule has 1 N–H and O–H groups in total. The van der Waals surface area contributed by atoms with Crippen LogP contribution in [0, 0.1) is 0 Å². The van der Waals surface area contributed by atoms with Crippen LogP contribution in [0.5, 0.6) is 0 Å². The minimum atomic E-state index is 0.0796. The summed E-state index contributed by atoms with van der Waals surface area (Å²) in [6.07, 6.45) is 4.03. The number of aliphatic hydroxyl groups is 1. The van der Waals surface area contributed by atoms with E-state index in [1.54, 1.807) is 0 Å². The molecule has 0 saturated heterocycles. The van der Waals surface area contributed by atoms with E-state index >= 15 is 0 Å². The van der Waals surface area contributed by atoms with Crippen LogP contribution < -0.4 is 0 Å². The Kier molecular flexibility index (Phi) is 3.57. The Balaban J connectivity index is 1.85. The fraction of sp³-hybridized carbons (Fsp3) is 0.0556. The van der Waals surface area contributed by atoms with Crippen LogP contribution >= 0.6 is 0 Å². The van der Waals surface area contributed by atoms with Crippen LogP contribution in [-0.4, -0.2) is 10.1 Å². The number of hydrogen-bond donors (Lipinski definition) is 1. The second-order valence-electron chi connectivity index (χ2n) is 4.66. The van der Waals surface area contributed by atoms with Gasteiger partial charge in [0, 0.05) is 5.39 Å². The Bertz CT molecular complexity index is 745. The number of nitrogens with zero attached hydrogens (tertiary/aromatic N) is 1. The van der Waals surface area contributed by atoms with Gasteiger partial charge in [0.2, 0.25) is 0 Å². The van der Waals surface area contributed by atoms with Gasteiger partial charge in [-0.15, -0.1) is 0 Å². The van der Waals surface area contributed by atoms with Gasteiger partial charge in [-0.2, -0.15) is 0 Å². The molecule has 1 heterocycles. The first-order chi connectivity index (χ1) is 9.85. The molecule has 1 aromatic heterocycles.